The van der Waals surface area contributed by atoms with E-state index >= 15 is 0 Å². The summed E-state index contributed by atoms with van der Waals surface area (Å²) < 4.78 is 25.0. The van der Waals surface area contributed by atoms with Crippen LogP contribution in [0.4, 0.5) is 14.9 Å². The molecule has 2 amide bonds. The minimum Gasteiger partial charge on any atom is -0.478 e. The van der Waals surface area contributed by atoms with Gasteiger partial charge in [0.15, 0.2) is 0 Å². The van der Waals surface area contributed by atoms with E-state index < -0.39 is 52.0 Å². The Labute approximate surface area is 281 Å². The molecule has 2 atom stereocenters. The molecule has 0 radical (unpaired) electrons. The molecular formula is C29H43B5Cl2FN3O5. The molecule has 0 spiro atoms. The topological polar surface area (TPSA) is 97.0 Å². The lowest BCUT2D eigenvalue weighted by atomic mass is 9.28. The number of hydrogen-bond acceptors (Lipinski definition) is 6. The largest absolute Gasteiger partial charge is 0.478 e. The number of carbonyl (C=O) groups is 3. The first-order valence-corrected chi connectivity index (χ1v) is 16.1. The summed E-state index contributed by atoms with van der Waals surface area (Å²) in [6, 6.07) is 11.0. The van der Waals surface area contributed by atoms with Crippen LogP contribution in [0.2, 0.25) is 5.11 Å². The lowest BCUT2D eigenvalue weighted by Gasteiger charge is -2.40. The molecule has 2 N–H and O–H groups in total. The van der Waals surface area contributed by atoms with Gasteiger partial charge in [-0.25, -0.2) is 14.0 Å². The van der Waals surface area contributed by atoms with Gasteiger partial charge in [0.25, 0.3) is 0 Å². The van der Waals surface area contributed by atoms with E-state index in [1.807, 2.05) is 47.8 Å². The molecule has 0 aromatic heterocycles. The normalized spacial score (nSPS) is 13.3. The molecule has 240 valence electrons. The molecule has 0 fully saturated rings. The minimum absolute atomic E-state index is 0.0515. The van der Waals surface area contributed by atoms with E-state index in [2.05, 4.69) is 15.5 Å². The van der Waals surface area contributed by atoms with Crippen molar-refractivity contribution in [3.63, 3.8) is 0 Å². The fourth-order valence-corrected chi connectivity index (χ4v) is 4.52. The summed E-state index contributed by atoms with van der Waals surface area (Å²) in [5.41, 5.74) is 1.51. The molecule has 2 rings (SSSR count). The van der Waals surface area contributed by atoms with Crippen LogP contribution in [0.5, 0.6) is 0 Å². The number of rotatable bonds is 15. The number of ether oxygens (including phenoxy) is 2. The van der Waals surface area contributed by atoms with E-state index in [0.29, 0.717) is 30.4 Å². The number of carbonyl (C=O) groups excluding carboxylic acids is 3. The highest BCUT2D eigenvalue weighted by molar-refractivity contribution is 6.67. The molecule has 0 unspecified atom stereocenters. The fraction of sp³-hybridized carbons (Fsp3) is 0.483. The van der Waals surface area contributed by atoms with E-state index in [0.717, 1.165) is 11.3 Å². The van der Waals surface area contributed by atoms with Gasteiger partial charge in [-0.2, -0.15) is 0 Å². The molecule has 2 aromatic carbocycles. The van der Waals surface area contributed by atoms with Gasteiger partial charge in [0.2, 0.25) is 5.91 Å². The predicted molar refractivity (Wildman–Crippen MR) is 193 cm³/mol. The standard InChI is InChI=1S/C29H43B5Cl2FN3O5/c1-27(2,3)45-26(43)39-22(16-19-6-10-21(11-7-19)40(14-12-35)15-13-36)24(41)38-23(17-18-4-8-20(37)9-5-18)25(42)44-29(33,34)28(30,31)32/h4-11,22-23H,12-17,30-34H2,1-3H3,(H,38,41)(H,39,43)/t22-,23-/m0/s1. The summed E-state index contributed by atoms with van der Waals surface area (Å²) in [7, 11) is 9.46. The van der Waals surface area contributed by atoms with Gasteiger partial charge in [-0.3, -0.25) is 4.79 Å². The summed E-state index contributed by atoms with van der Waals surface area (Å²) in [5, 5.41) is 4.19. The van der Waals surface area contributed by atoms with Crippen LogP contribution < -0.4 is 15.5 Å². The van der Waals surface area contributed by atoms with Crippen molar-refractivity contribution >= 4 is 86.1 Å². The van der Waals surface area contributed by atoms with Gasteiger partial charge in [-0.05, 0) is 56.2 Å². The molecule has 0 heterocycles. The third-order valence-corrected chi connectivity index (χ3v) is 7.91. The molecule has 2 aromatic rings. The number of esters is 1. The molecule has 0 aliphatic heterocycles. The van der Waals surface area contributed by atoms with Gasteiger partial charge in [-0.1, -0.05) is 29.4 Å². The van der Waals surface area contributed by atoms with Crippen molar-refractivity contribution in [2.24, 2.45) is 0 Å². The van der Waals surface area contributed by atoms with Crippen molar-refractivity contribution in [1.82, 2.24) is 10.6 Å². The molecule has 0 saturated heterocycles. The lowest BCUT2D eigenvalue weighted by Crippen LogP contribution is -2.56. The molecule has 0 aliphatic rings. The first-order valence-electron chi connectivity index (χ1n) is 15.1. The third kappa shape index (κ3) is 12.9. The smallest absolute Gasteiger partial charge is 0.408 e. The lowest BCUT2D eigenvalue weighted by molar-refractivity contribution is -0.151. The maximum absolute atomic E-state index is 13.8. The number of benzene rings is 2. The summed E-state index contributed by atoms with van der Waals surface area (Å²) in [5.74, 6) is -0.790. The number of nitrogens with one attached hydrogen (secondary N) is 2. The SMILES string of the molecule is BC(B)(B)C(B)(B)OC(=O)[C@H](Cc1ccc(F)cc1)NC(=O)[C@H](Cc1ccc(N(CCCl)CCCl)cc1)NC(=O)OC(C)(C)C. The summed E-state index contributed by atoms with van der Waals surface area (Å²) in [6.07, 6.45) is -0.612. The number of hydrogen-bond donors (Lipinski definition) is 2. The first kappa shape index (κ1) is 38.5. The fourth-order valence-electron chi connectivity index (χ4n) is 4.11. The van der Waals surface area contributed by atoms with Gasteiger partial charge in [0.05, 0.1) is 23.5 Å². The van der Waals surface area contributed by atoms with Crippen LogP contribution in [0.25, 0.3) is 0 Å². The van der Waals surface area contributed by atoms with Crippen molar-refractivity contribution in [3.8, 4) is 0 Å². The van der Waals surface area contributed by atoms with Crippen LogP contribution in [-0.4, -0.2) is 105 Å². The van der Waals surface area contributed by atoms with E-state index in [9.17, 15) is 18.8 Å². The minimum atomic E-state index is -1.12. The Kier molecular flexibility index (Phi) is 14.3. The zero-order valence-electron chi connectivity index (χ0n) is 27.6. The predicted octanol–water partition coefficient (Wildman–Crippen LogP) is -0.291. The maximum Gasteiger partial charge on any atom is 0.408 e. The van der Waals surface area contributed by atoms with Gasteiger partial charge < -0.3 is 25.0 Å². The Morgan fingerprint density at radius 2 is 1.29 bits per heavy atom. The van der Waals surface area contributed by atoms with Crippen LogP contribution >= 0.6 is 23.2 Å². The Morgan fingerprint density at radius 3 is 1.76 bits per heavy atom. The van der Waals surface area contributed by atoms with Crippen molar-refractivity contribution in [1.29, 1.82) is 0 Å². The number of alkyl halides is 2. The van der Waals surface area contributed by atoms with Crippen LogP contribution in [0.1, 0.15) is 31.9 Å². The van der Waals surface area contributed by atoms with E-state index in [1.54, 1.807) is 48.6 Å². The zero-order valence-corrected chi connectivity index (χ0v) is 29.2. The van der Waals surface area contributed by atoms with Crippen molar-refractivity contribution in [2.75, 3.05) is 29.7 Å². The second-order valence-electron chi connectivity index (χ2n) is 13.5. The van der Waals surface area contributed by atoms with Gasteiger partial charge in [0, 0.05) is 48.8 Å². The Hall–Kier alpha value is -2.72. The second kappa shape index (κ2) is 16.7. The quantitative estimate of drug-likeness (QED) is 0.155. The molecule has 45 heavy (non-hydrogen) atoms. The number of halogens is 3. The van der Waals surface area contributed by atoms with E-state index in [4.69, 9.17) is 32.7 Å². The third-order valence-electron chi connectivity index (χ3n) is 7.57. The first-order chi connectivity index (χ1) is 20.8. The van der Waals surface area contributed by atoms with Crippen LogP contribution in [-0.2, 0) is 31.9 Å². The van der Waals surface area contributed by atoms with E-state index in [1.165, 1.54) is 12.1 Å². The number of anilines is 1. The molecular weight excluding hydrogens is 614 g/mol. The number of amides is 2. The summed E-state index contributed by atoms with van der Waals surface area (Å²) in [6.45, 7) is 6.41. The Morgan fingerprint density at radius 1 is 0.800 bits per heavy atom. The highest BCUT2D eigenvalue weighted by Crippen LogP contribution is 2.27. The summed E-state index contributed by atoms with van der Waals surface area (Å²) in [4.78, 5) is 42.3. The highest BCUT2D eigenvalue weighted by Gasteiger charge is 2.38. The molecule has 8 nitrogen and oxygen atoms in total. The van der Waals surface area contributed by atoms with Crippen LogP contribution in [0.3, 0.4) is 0 Å². The number of nitrogens with zero attached hydrogens (tertiary/aromatic N) is 1. The van der Waals surface area contributed by atoms with E-state index in [-0.39, 0.29) is 12.8 Å². The zero-order chi connectivity index (χ0) is 34.0. The van der Waals surface area contributed by atoms with Crippen LogP contribution in [0, 0.1) is 5.82 Å². The van der Waals surface area contributed by atoms with Crippen molar-refractivity contribution < 1.29 is 28.2 Å². The van der Waals surface area contributed by atoms with Crippen LogP contribution in [0.15, 0.2) is 48.5 Å². The average molecular weight is 658 g/mol. The Bertz CT molecular complexity index is 1270. The monoisotopic (exact) mass is 657 g/mol. The van der Waals surface area contributed by atoms with Crippen molar-refractivity contribution in [2.45, 2.75) is 61.8 Å². The highest BCUT2D eigenvalue weighted by atomic mass is 35.5. The average Bonchev–Trinajstić information content (AvgIpc) is 2.92. The molecule has 0 aliphatic carbocycles. The van der Waals surface area contributed by atoms with Gasteiger partial charge >= 0.3 is 12.1 Å². The maximum atomic E-state index is 13.8. The molecule has 16 heteroatoms. The molecule has 0 bridgehead atoms. The Balaban J connectivity index is 2.38. The van der Waals surface area contributed by atoms with Gasteiger partial charge in [0.1, 0.15) is 39.2 Å². The van der Waals surface area contributed by atoms with Crippen molar-refractivity contribution in [3.05, 3.63) is 65.5 Å². The number of alkyl carbamates (subject to hydrolysis) is 1. The summed E-state index contributed by atoms with van der Waals surface area (Å²) >= 11 is 11.9. The second-order valence-corrected chi connectivity index (χ2v) is 14.3. The molecule has 0 saturated carbocycles. The van der Waals surface area contributed by atoms with Gasteiger partial charge in [-0.15, -0.1) is 23.2 Å².